The molecule has 12 heavy (non-hydrogen) atoms. The third kappa shape index (κ3) is 3.15. The smallest absolute Gasteiger partial charge is 0.0287 e. The molecule has 0 aliphatic rings. The van der Waals surface area contributed by atoms with Gasteiger partial charge in [0.2, 0.25) is 0 Å². The standard InChI is InChI=1S/C11H15N/c1-5-8-11(9-12-4)10(6-2)7-3/h5-9H,2-3H2,1,4H3/b8-5-,12-9-. The van der Waals surface area contributed by atoms with Crippen LogP contribution in [0.1, 0.15) is 6.92 Å². The summed E-state index contributed by atoms with van der Waals surface area (Å²) in [7, 11) is 1.74. The van der Waals surface area contributed by atoms with E-state index in [1.807, 2.05) is 19.1 Å². The molecule has 0 unspecified atom stereocenters. The number of nitrogens with zero attached hydrogens (tertiary/aromatic N) is 1. The van der Waals surface area contributed by atoms with Crippen molar-refractivity contribution in [3.05, 3.63) is 48.6 Å². The minimum atomic E-state index is 0.999. The van der Waals surface area contributed by atoms with Crippen molar-refractivity contribution in [2.24, 2.45) is 4.99 Å². The minimum absolute atomic E-state index is 0.999. The second-order valence-corrected chi connectivity index (χ2v) is 2.21. The highest BCUT2D eigenvalue weighted by molar-refractivity contribution is 5.84. The quantitative estimate of drug-likeness (QED) is 0.444. The third-order valence-electron chi connectivity index (χ3n) is 1.39. The predicted molar refractivity (Wildman–Crippen MR) is 56.7 cm³/mol. The van der Waals surface area contributed by atoms with Crippen molar-refractivity contribution in [3.8, 4) is 0 Å². The van der Waals surface area contributed by atoms with Crippen molar-refractivity contribution < 1.29 is 0 Å². The highest BCUT2D eigenvalue weighted by Crippen LogP contribution is 2.06. The van der Waals surface area contributed by atoms with Crippen LogP contribution in [0.15, 0.2) is 53.6 Å². The van der Waals surface area contributed by atoms with Crippen LogP contribution >= 0.6 is 0 Å². The van der Waals surface area contributed by atoms with Crippen molar-refractivity contribution >= 4 is 6.21 Å². The monoisotopic (exact) mass is 161 g/mol. The van der Waals surface area contributed by atoms with Gasteiger partial charge in [0.15, 0.2) is 0 Å². The van der Waals surface area contributed by atoms with E-state index >= 15 is 0 Å². The molecule has 0 bridgehead atoms. The Morgan fingerprint density at radius 1 is 1.17 bits per heavy atom. The highest BCUT2D eigenvalue weighted by Gasteiger charge is 1.91. The first-order valence-electron chi connectivity index (χ1n) is 3.84. The van der Waals surface area contributed by atoms with Gasteiger partial charge in [-0.3, -0.25) is 4.99 Å². The van der Waals surface area contributed by atoms with Gasteiger partial charge in [0.1, 0.15) is 0 Å². The molecule has 0 aliphatic heterocycles. The summed E-state index contributed by atoms with van der Waals surface area (Å²) in [6.07, 6.45) is 9.27. The molecule has 0 rings (SSSR count). The molecule has 0 saturated carbocycles. The molecule has 0 amide bonds. The van der Waals surface area contributed by atoms with E-state index in [0.717, 1.165) is 11.1 Å². The lowest BCUT2D eigenvalue weighted by Gasteiger charge is -1.97. The molecule has 0 heterocycles. The summed E-state index contributed by atoms with van der Waals surface area (Å²) in [5.74, 6) is 0. The Bertz CT molecular complexity index is 218. The average Bonchev–Trinajstić information content (AvgIpc) is 2.07. The Morgan fingerprint density at radius 3 is 2.08 bits per heavy atom. The van der Waals surface area contributed by atoms with E-state index in [0.29, 0.717) is 0 Å². The summed E-state index contributed by atoms with van der Waals surface area (Å²) >= 11 is 0. The molecule has 0 saturated heterocycles. The molecular weight excluding hydrogens is 146 g/mol. The van der Waals surface area contributed by atoms with Crippen LogP contribution < -0.4 is 0 Å². The molecule has 0 fully saturated rings. The summed E-state index contributed by atoms with van der Waals surface area (Å²) in [5.41, 5.74) is 2.03. The Labute approximate surface area is 74.5 Å². The third-order valence-corrected chi connectivity index (χ3v) is 1.39. The SMILES string of the molecule is C=CC(C=C)=C(/C=C\C)/C=N\C. The van der Waals surface area contributed by atoms with Crippen LogP contribution in [0.2, 0.25) is 0 Å². The molecular formula is C11H15N. The summed E-state index contributed by atoms with van der Waals surface area (Å²) in [6.45, 7) is 9.35. The topological polar surface area (TPSA) is 12.4 Å². The van der Waals surface area contributed by atoms with E-state index in [1.54, 1.807) is 25.4 Å². The van der Waals surface area contributed by atoms with Crippen LogP contribution in [0, 0.1) is 0 Å². The van der Waals surface area contributed by atoms with Crippen LogP contribution in [-0.4, -0.2) is 13.3 Å². The Morgan fingerprint density at radius 2 is 1.75 bits per heavy atom. The molecule has 0 atom stereocenters. The second kappa shape index (κ2) is 6.35. The zero-order valence-electron chi connectivity index (χ0n) is 7.75. The lowest BCUT2D eigenvalue weighted by molar-refractivity contribution is 1.45. The van der Waals surface area contributed by atoms with Crippen LogP contribution in [0.5, 0.6) is 0 Å². The molecule has 0 aliphatic carbocycles. The van der Waals surface area contributed by atoms with Gasteiger partial charge in [-0.1, -0.05) is 37.5 Å². The van der Waals surface area contributed by atoms with Gasteiger partial charge in [0, 0.05) is 13.3 Å². The van der Waals surface area contributed by atoms with Gasteiger partial charge in [-0.15, -0.1) is 0 Å². The second-order valence-electron chi connectivity index (χ2n) is 2.21. The summed E-state index contributed by atoms with van der Waals surface area (Å²) in [6, 6.07) is 0. The first-order chi connectivity index (χ1) is 5.79. The normalized spacial score (nSPS) is 10.5. The minimum Gasteiger partial charge on any atom is -0.296 e. The number of aliphatic imine (C=N–C) groups is 1. The van der Waals surface area contributed by atoms with Crippen molar-refractivity contribution in [1.29, 1.82) is 0 Å². The van der Waals surface area contributed by atoms with Gasteiger partial charge >= 0.3 is 0 Å². The fourth-order valence-electron chi connectivity index (χ4n) is 0.851. The van der Waals surface area contributed by atoms with Crippen LogP contribution in [0.25, 0.3) is 0 Å². The number of hydrogen-bond acceptors (Lipinski definition) is 1. The van der Waals surface area contributed by atoms with Crippen LogP contribution in [0.3, 0.4) is 0 Å². The molecule has 64 valence electrons. The fraction of sp³-hybridized carbons (Fsp3) is 0.182. The fourth-order valence-corrected chi connectivity index (χ4v) is 0.851. The van der Waals surface area contributed by atoms with Gasteiger partial charge in [-0.25, -0.2) is 0 Å². The molecule has 0 N–H and O–H groups in total. The van der Waals surface area contributed by atoms with E-state index in [9.17, 15) is 0 Å². The van der Waals surface area contributed by atoms with Crippen molar-refractivity contribution in [3.63, 3.8) is 0 Å². The molecule has 1 heteroatoms. The molecule has 0 spiro atoms. The van der Waals surface area contributed by atoms with E-state index in [4.69, 9.17) is 0 Å². The van der Waals surface area contributed by atoms with Gasteiger partial charge in [0.25, 0.3) is 0 Å². The number of rotatable bonds is 4. The summed E-state index contributed by atoms with van der Waals surface area (Å²) < 4.78 is 0. The van der Waals surface area contributed by atoms with E-state index in [2.05, 4.69) is 18.2 Å². The lowest BCUT2D eigenvalue weighted by Crippen LogP contribution is -1.85. The van der Waals surface area contributed by atoms with Crippen molar-refractivity contribution in [2.45, 2.75) is 6.92 Å². The summed E-state index contributed by atoms with van der Waals surface area (Å²) in [5, 5.41) is 0. The lowest BCUT2D eigenvalue weighted by atomic mass is 10.1. The first-order valence-corrected chi connectivity index (χ1v) is 3.84. The maximum atomic E-state index is 3.94. The highest BCUT2D eigenvalue weighted by atomic mass is 14.6. The van der Waals surface area contributed by atoms with E-state index < -0.39 is 0 Å². The van der Waals surface area contributed by atoms with Crippen LogP contribution in [-0.2, 0) is 0 Å². The maximum Gasteiger partial charge on any atom is 0.0287 e. The number of allylic oxidation sites excluding steroid dienone is 6. The van der Waals surface area contributed by atoms with Crippen molar-refractivity contribution in [1.82, 2.24) is 0 Å². The predicted octanol–water partition coefficient (Wildman–Crippen LogP) is 2.93. The molecule has 0 aromatic carbocycles. The van der Waals surface area contributed by atoms with Crippen LogP contribution in [0.4, 0.5) is 0 Å². The largest absolute Gasteiger partial charge is 0.296 e. The average molecular weight is 161 g/mol. The first kappa shape index (κ1) is 10.6. The molecule has 1 nitrogen and oxygen atoms in total. The molecule has 0 aromatic heterocycles. The zero-order valence-corrected chi connectivity index (χ0v) is 7.75. The van der Waals surface area contributed by atoms with Gasteiger partial charge in [0.05, 0.1) is 0 Å². The van der Waals surface area contributed by atoms with Gasteiger partial charge in [-0.2, -0.15) is 0 Å². The van der Waals surface area contributed by atoms with Gasteiger partial charge < -0.3 is 0 Å². The zero-order chi connectivity index (χ0) is 9.40. The number of hydrogen-bond donors (Lipinski definition) is 0. The Balaban J connectivity index is 5.00. The molecule has 0 aromatic rings. The Hall–Kier alpha value is -1.37. The Kier molecular flexibility index (Phi) is 5.62. The van der Waals surface area contributed by atoms with Crippen molar-refractivity contribution in [2.75, 3.05) is 7.05 Å². The maximum absolute atomic E-state index is 3.94. The molecule has 0 radical (unpaired) electrons. The van der Waals surface area contributed by atoms with E-state index in [1.165, 1.54) is 0 Å². The summed E-state index contributed by atoms with van der Waals surface area (Å²) in [4.78, 5) is 3.94. The van der Waals surface area contributed by atoms with Gasteiger partial charge in [-0.05, 0) is 18.1 Å². The van der Waals surface area contributed by atoms with E-state index in [-0.39, 0.29) is 0 Å².